The van der Waals surface area contributed by atoms with Gasteiger partial charge in [-0.05, 0) is 26.2 Å². The Hall–Kier alpha value is -0.610. The number of aromatic nitrogens is 1. The van der Waals surface area contributed by atoms with Gasteiger partial charge in [0.25, 0.3) is 5.19 Å². The molecule has 1 aromatic rings. The number of rotatable bonds is 3. The molecule has 1 aliphatic carbocycles. The van der Waals surface area contributed by atoms with Gasteiger partial charge >= 0.3 is 0 Å². The van der Waals surface area contributed by atoms with E-state index in [0.29, 0.717) is 6.61 Å². The van der Waals surface area contributed by atoms with Gasteiger partial charge in [-0.1, -0.05) is 11.3 Å². The van der Waals surface area contributed by atoms with Crippen LogP contribution in [0.2, 0.25) is 0 Å². The van der Waals surface area contributed by atoms with E-state index in [4.69, 9.17) is 10.5 Å². The van der Waals surface area contributed by atoms with Gasteiger partial charge < -0.3 is 10.5 Å². The number of ether oxygens (including phenoxy) is 1. The predicted molar refractivity (Wildman–Crippen MR) is 53.0 cm³/mol. The minimum absolute atomic E-state index is 0.147. The first-order chi connectivity index (χ1) is 6.24. The summed E-state index contributed by atoms with van der Waals surface area (Å²) in [7, 11) is 0. The summed E-state index contributed by atoms with van der Waals surface area (Å²) in [5.41, 5.74) is 6.98. The average Bonchev–Trinajstić information content (AvgIpc) is 2.50. The van der Waals surface area contributed by atoms with Crippen LogP contribution in [0.25, 0.3) is 0 Å². The van der Waals surface area contributed by atoms with Crippen LogP contribution < -0.4 is 10.5 Å². The maximum atomic E-state index is 6.12. The van der Waals surface area contributed by atoms with Crippen LogP contribution in [0.5, 0.6) is 5.19 Å². The van der Waals surface area contributed by atoms with Crippen molar-refractivity contribution in [2.75, 3.05) is 6.61 Å². The Kier molecular flexibility index (Phi) is 2.26. The summed E-state index contributed by atoms with van der Waals surface area (Å²) in [6, 6.07) is 0. The van der Waals surface area contributed by atoms with Crippen LogP contribution in [0.4, 0.5) is 0 Å². The molecule has 0 aromatic carbocycles. The molecule has 4 heteroatoms. The molecule has 0 spiro atoms. The molecule has 0 aliphatic heterocycles. The number of thiazole rings is 1. The van der Waals surface area contributed by atoms with Crippen molar-refractivity contribution in [3.63, 3.8) is 0 Å². The molecule has 1 aliphatic rings. The van der Waals surface area contributed by atoms with Crippen molar-refractivity contribution in [1.82, 2.24) is 4.98 Å². The molecule has 0 saturated heterocycles. The highest BCUT2D eigenvalue weighted by Gasteiger charge is 2.36. The molecule has 2 N–H and O–H groups in total. The predicted octanol–water partition coefficient (Wildman–Crippen LogP) is 1.88. The van der Waals surface area contributed by atoms with E-state index in [0.717, 1.165) is 23.7 Å². The molecule has 2 rings (SSSR count). The second-order valence-corrected chi connectivity index (χ2v) is 4.26. The highest BCUT2D eigenvalue weighted by molar-refractivity contribution is 7.11. The molecule has 13 heavy (non-hydrogen) atoms. The lowest BCUT2D eigenvalue weighted by atomic mass is 9.76. The first-order valence-corrected chi connectivity index (χ1v) is 5.50. The molecule has 1 aromatic heterocycles. The third-order valence-corrected chi connectivity index (χ3v) is 3.26. The van der Waals surface area contributed by atoms with Gasteiger partial charge in [0.15, 0.2) is 0 Å². The Morgan fingerprint density at radius 2 is 2.46 bits per heavy atom. The van der Waals surface area contributed by atoms with Crippen molar-refractivity contribution in [3.05, 3.63) is 11.1 Å². The van der Waals surface area contributed by atoms with Crippen molar-refractivity contribution in [1.29, 1.82) is 0 Å². The van der Waals surface area contributed by atoms with Crippen LogP contribution in [0, 0.1) is 0 Å². The summed E-state index contributed by atoms with van der Waals surface area (Å²) in [4.78, 5) is 4.37. The molecule has 0 atom stereocenters. The summed E-state index contributed by atoms with van der Waals surface area (Å²) in [5, 5.41) is 2.76. The normalized spacial score (nSPS) is 19.5. The van der Waals surface area contributed by atoms with Gasteiger partial charge in [-0.25, -0.2) is 4.98 Å². The smallest absolute Gasteiger partial charge is 0.273 e. The molecule has 0 radical (unpaired) electrons. The SMILES string of the molecule is CCOc1nc(C2(N)CCC2)cs1. The monoisotopic (exact) mass is 198 g/mol. The molecular formula is C9H14N2OS. The van der Waals surface area contributed by atoms with E-state index in [1.165, 1.54) is 17.8 Å². The van der Waals surface area contributed by atoms with E-state index in [9.17, 15) is 0 Å². The third-order valence-electron chi connectivity index (χ3n) is 2.51. The Morgan fingerprint density at radius 3 is 3.00 bits per heavy atom. The maximum absolute atomic E-state index is 6.12. The Bertz CT molecular complexity index is 294. The highest BCUT2D eigenvalue weighted by Crippen LogP contribution is 2.39. The molecule has 3 nitrogen and oxygen atoms in total. The van der Waals surface area contributed by atoms with Crippen LogP contribution in [0.15, 0.2) is 5.38 Å². The average molecular weight is 198 g/mol. The van der Waals surface area contributed by atoms with Crippen LogP contribution in [-0.2, 0) is 5.54 Å². The van der Waals surface area contributed by atoms with Gasteiger partial charge in [-0.15, -0.1) is 0 Å². The van der Waals surface area contributed by atoms with Crippen molar-refractivity contribution in [3.8, 4) is 5.19 Å². The van der Waals surface area contributed by atoms with Crippen LogP contribution in [-0.4, -0.2) is 11.6 Å². The van der Waals surface area contributed by atoms with Gasteiger partial charge in [0.05, 0.1) is 17.8 Å². The Balaban J connectivity index is 2.12. The van der Waals surface area contributed by atoms with Crippen molar-refractivity contribution in [2.24, 2.45) is 5.73 Å². The lowest BCUT2D eigenvalue weighted by Crippen LogP contribution is -2.43. The van der Waals surface area contributed by atoms with E-state index in [2.05, 4.69) is 4.98 Å². The van der Waals surface area contributed by atoms with E-state index in [-0.39, 0.29) is 5.54 Å². The molecule has 1 saturated carbocycles. The zero-order valence-corrected chi connectivity index (χ0v) is 8.56. The maximum Gasteiger partial charge on any atom is 0.273 e. The summed E-state index contributed by atoms with van der Waals surface area (Å²) in [6.07, 6.45) is 3.34. The summed E-state index contributed by atoms with van der Waals surface area (Å²) < 4.78 is 5.30. The summed E-state index contributed by atoms with van der Waals surface area (Å²) in [5.74, 6) is 0. The third kappa shape index (κ3) is 1.56. The molecular weight excluding hydrogens is 184 g/mol. The van der Waals surface area contributed by atoms with Gasteiger partial charge in [0.2, 0.25) is 0 Å². The molecule has 72 valence electrons. The molecule has 0 unspecified atom stereocenters. The lowest BCUT2D eigenvalue weighted by molar-refractivity contribution is 0.244. The second kappa shape index (κ2) is 3.27. The van der Waals surface area contributed by atoms with E-state index in [1.54, 1.807) is 0 Å². The number of hydrogen-bond acceptors (Lipinski definition) is 4. The van der Waals surface area contributed by atoms with Crippen LogP contribution >= 0.6 is 11.3 Å². The standard InChI is InChI=1S/C9H14N2OS/c1-2-12-8-11-7(6-13-8)9(10)4-3-5-9/h6H,2-5,10H2,1H3. The fourth-order valence-corrected chi connectivity index (χ4v) is 2.33. The van der Waals surface area contributed by atoms with E-state index >= 15 is 0 Å². The topological polar surface area (TPSA) is 48.1 Å². The Labute approximate surface area is 81.9 Å². The number of nitrogens with zero attached hydrogens (tertiary/aromatic N) is 1. The van der Waals surface area contributed by atoms with Crippen molar-refractivity contribution >= 4 is 11.3 Å². The van der Waals surface area contributed by atoms with E-state index in [1.807, 2.05) is 12.3 Å². The second-order valence-electron chi connectivity index (χ2n) is 3.44. The molecule has 1 heterocycles. The lowest BCUT2D eigenvalue weighted by Gasteiger charge is -2.36. The van der Waals surface area contributed by atoms with Gasteiger partial charge in [0, 0.05) is 5.38 Å². The van der Waals surface area contributed by atoms with Crippen molar-refractivity contribution < 1.29 is 4.74 Å². The molecule has 0 bridgehead atoms. The zero-order valence-electron chi connectivity index (χ0n) is 7.75. The minimum atomic E-state index is -0.147. The van der Waals surface area contributed by atoms with Gasteiger partial charge in [-0.3, -0.25) is 0 Å². The highest BCUT2D eigenvalue weighted by atomic mass is 32.1. The van der Waals surface area contributed by atoms with Crippen LogP contribution in [0.3, 0.4) is 0 Å². The molecule has 0 amide bonds. The quantitative estimate of drug-likeness (QED) is 0.806. The summed E-state index contributed by atoms with van der Waals surface area (Å²) in [6.45, 7) is 2.63. The fraction of sp³-hybridized carbons (Fsp3) is 0.667. The molecule has 1 fully saturated rings. The first kappa shape index (κ1) is 8.97. The largest absolute Gasteiger partial charge is 0.470 e. The minimum Gasteiger partial charge on any atom is -0.470 e. The van der Waals surface area contributed by atoms with Crippen LogP contribution in [0.1, 0.15) is 31.9 Å². The number of hydrogen-bond donors (Lipinski definition) is 1. The fourth-order valence-electron chi connectivity index (χ4n) is 1.49. The first-order valence-electron chi connectivity index (χ1n) is 4.62. The summed E-state index contributed by atoms with van der Waals surface area (Å²) >= 11 is 1.54. The van der Waals surface area contributed by atoms with Gasteiger partial charge in [-0.2, -0.15) is 0 Å². The van der Waals surface area contributed by atoms with Crippen molar-refractivity contribution in [2.45, 2.75) is 31.7 Å². The Morgan fingerprint density at radius 1 is 1.69 bits per heavy atom. The van der Waals surface area contributed by atoms with Gasteiger partial charge in [0.1, 0.15) is 0 Å². The zero-order chi connectivity index (χ0) is 9.31. The number of nitrogens with two attached hydrogens (primary N) is 1. The van der Waals surface area contributed by atoms with E-state index < -0.39 is 0 Å².